The first kappa shape index (κ1) is 16.4. The number of aliphatic hydroxyl groups is 2. The number of aromatic nitrogens is 4. The van der Waals surface area contributed by atoms with Gasteiger partial charge in [-0.1, -0.05) is 5.92 Å². The second-order valence-electron chi connectivity index (χ2n) is 5.56. The monoisotopic (exact) mass is 337 g/mol. The molecule has 2 unspecified atom stereocenters. The molecule has 24 heavy (non-hydrogen) atoms. The van der Waals surface area contributed by atoms with Gasteiger partial charge in [0.1, 0.15) is 12.2 Å². The fourth-order valence-electron chi connectivity index (χ4n) is 2.79. The normalized spacial score (nSPS) is 31.0. The molecule has 2 aromatic heterocycles. The van der Waals surface area contributed by atoms with Gasteiger partial charge in [0.2, 0.25) is 11.6 Å². The number of fused-ring (bicyclic) bond motifs is 1. The number of imidazole rings is 1. The zero-order valence-electron chi connectivity index (χ0n) is 12.9. The Morgan fingerprint density at radius 1 is 1.62 bits per heavy atom. The second-order valence-corrected chi connectivity index (χ2v) is 5.56. The van der Waals surface area contributed by atoms with E-state index in [1.54, 1.807) is 0 Å². The summed E-state index contributed by atoms with van der Waals surface area (Å²) in [6, 6.07) is 0. The Hall–Kier alpha value is -2.48. The van der Waals surface area contributed by atoms with Gasteiger partial charge in [-0.3, -0.25) is 14.3 Å². The van der Waals surface area contributed by atoms with E-state index >= 15 is 4.39 Å². The molecule has 0 bridgehead atoms. The highest BCUT2D eigenvalue weighted by atomic mass is 19.1. The quantitative estimate of drug-likeness (QED) is 0.519. The molecule has 0 amide bonds. The van der Waals surface area contributed by atoms with E-state index in [4.69, 9.17) is 10.5 Å². The van der Waals surface area contributed by atoms with Crippen LogP contribution in [0.4, 0.5) is 10.3 Å². The lowest BCUT2D eigenvalue weighted by Gasteiger charge is -2.23. The van der Waals surface area contributed by atoms with E-state index in [2.05, 4.69) is 26.8 Å². The highest BCUT2D eigenvalue weighted by Gasteiger charge is 2.59. The highest BCUT2D eigenvalue weighted by Crippen LogP contribution is 2.43. The summed E-state index contributed by atoms with van der Waals surface area (Å²) in [6.45, 7) is 2.77. The van der Waals surface area contributed by atoms with Crippen molar-refractivity contribution in [3.63, 3.8) is 0 Å². The lowest BCUT2D eigenvalue weighted by Crippen LogP contribution is -2.44. The van der Waals surface area contributed by atoms with Crippen LogP contribution in [0.25, 0.3) is 11.2 Å². The minimum absolute atomic E-state index is 0.0142. The molecule has 0 radical (unpaired) electrons. The molecule has 1 aliphatic rings. The van der Waals surface area contributed by atoms with E-state index in [-0.39, 0.29) is 17.1 Å². The Balaban J connectivity index is 2.20. The SMILES string of the molecule is CC#CC1(F)C(O)[C@@H]([C@H](C)O)O[C@H]1n1cnc2c(=O)[nH]c(N)nc21. The number of nitrogens with two attached hydrogens (primary N) is 1. The molecule has 0 aliphatic carbocycles. The van der Waals surface area contributed by atoms with Gasteiger partial charge >= 0.3 is 0 Å². The van der Waals surface area contributed by atoms with Crippen LogP contribution in [0.1, 0.15) is 20.1 Å². The van der Waals surface area contributed by atoms with Crippen molar-refractivity contribution in [1.82, 2.24) is 19.5 Å². The van der Waals surface area contributed by atoms with Crippen molar-refractivity contribution >= 4 is 17.1 Å². The van der Waals surface area contributed by atoms with Crippen molar-refractivity contribution in [3.05, 3.63) is 16.7 Å². The summed E-state index contributed by atoms with van der Waals surface area (Å²) in [7, 11) is 0. The van der Waals surface area contributed by atoms with Crippen LogP contribution in [0, 0.1) is 11.8 Å². The van der Waals surface area contributed by atoms with E-state index in [9.17, 15) is 15.0 Å². The van der Waals surface area contributed by atoms with Gasteiger partial charge < -0.3 is 20.7 Å². The summed E-state index contributed by atoms with van der Waals surface area (Å²) < 4.78 is 22.0. The van der Waals surface area contributed by atoms with Crippen molar-refractivity contribution in [2.75, 3.05) is 5.73 Å². The number of alkyl halides is 1. The molecular weight excluding hydrogens is 321 g/mol. The van der Waals surface area contributed by atoms with Crippen LogP contribution < -0.4 is 11.3 Å². The van der Waals surface area contributed by atoms with Crippen LogP contribution in [0.15, 0.2) is 11.1 Å². The molecule has 9 nitrogen and oxygen atoms in total. The lowest BCUT2D eigenvalue weighted by molar-refractivity contribution is -0.0776. The van der Waals surface area contributed by atoms with E-state index in [1.807, 2.05) is 0 Å². The van der Waals surface area contributed by atoms with Crippen molar-refractivity contribution in [2.24, 2.45) is 0 Å². The third kappa shape index (κ3) is 2.25. The zero-order valence-corrected chi connectivity index (χ0v) is 12.9. The molecule has 10 heteroatoms. The largest absolute Gasteiger partial charge is 0.391 e. The van der Waals surface area contributed by atoms with Gasteiger partial charge in [0, 0.05) is 0 Å². The van der Waals surface area contributed by atoms with E-state index in [1.165, 1.54) is 13.8 Å². The molecule has 0 saturated carbocycles. The minimum atomic E-state index is -2.52. The van der Waals surface area contributed by atoms with Crippen molar-refractivity contribution in [2.45, 2.75) is 44.1 Å². The first-order valence-corrected chi connectivity index (χ1v) is 7.16. The number of H-pyrrole nitrogens is 1. The van der Waals surface area contributed by atoms with Crippen LogP contribution in [0.2, 0.25) is 0 Å². The average molecular weight is 337 g/mol. The number of aromatic amines is 1. The molecule has 1 saturated heterocycles. The lowest BCUT2D eigenvalue weighted by atomic mass is 9.94. The van der Waals surface area contributed by atoms with E-state index in [0.29, 0.717) is 0 Å². The number of hydrogen-bond donors (Lipinski definition) is 4. The zero-order chi connectivity index (χ0) is 17.6. The molecule has 128 valence electrons. The molecule has 3 heterocycles. The smallest absolute Gasteiger partial charge is 0.280 e. The number of nitrogen functional groups attached to an aromatic ring is 1. The summed E-state index contributed by atoms with van der Waals surface area (Å²) in [5, 5.41) is 20.0. The first-order valence-electron chi connectivity index (χ1n) is 7.16. The maximum Gasteiger partial charge on any atom is 0.280 e. The van der Waals surface area contributed by atoms with Gasteiger partial charge in [0.15, 0.2) is 17.4 Å². The minimum Gasteiger partial charge on any atom is -0.391 e. The molecular formula is C14H16FN5O4. The first-order chi connectivity index (χ1) is 11.3. The Bertz CT molecular complexity index is 898. The standard InChI is InChI=1S/C14H16FN5O4/c1-3-4-14(15)9(22)8(6(2)21)24-12(14)20-5-17-7-10(20)18-13(16)19-11(7)23/h5-6,8-9,12,21-22H,1-2H3,(H3,16,18,19,23)/t6-,8+,9?,12+,14?/m0/s1. The Morgan fingerprint density at radius 2 is 2.33 bits per heavy atom. The Morgan fingerprint density at radius 3 is 2.96 bits per heavy atom. The predicted molar refractivity (Wildman–Crippen MR) is 81.4 cm³/mol. The second kappa shape index (κ2) is 5.55. The van der Waals surface area contributed by atoms with E-state index < -0.39 is 35.8 Å². The Kier molecular flexibility index (Phi) is 3.79. The topological polar surface area (TPSA) is 139 Å². The number of nitrogens with zero attached hydrogens (tertiary/aromatic N) is 3. The summed E-state index contributed by atoms with van der Waals surface area (Å²) in [6.07, 6.45) is -4.36. The van der Waals surface area contributed by atoms with Gasteiger partial charge in [0.25, 0.3) is 5.56 Å². The number of aliphatic hydroxyl groups excluding tert-OH is 2. The van der Waals surface area contributed by atoms with Crippen molar-refractivity contribution in [3.8, 4) is 11.8 Å². The van der Waals surface area contributed by atoms with E-state index in [0.717, 1.165) is 10.9 Å². The van der Waals surface area contributed by atoms with Crippen molar-refractivity contribution < 1.29 is 19.3 Å². The molecule has 5 N–H and O–H groups in total. The third-order valence-electron chi connectivity index (χ3n) is 3.88. The highest BCUT2D eigenvalue weighted by molar-refractivity contribution is 5.70. The van der Waals surface area contributed by atoms with Crippen molar-refractivity contribution in [1.29, 1.82) is 0 Å². The Labute approximate surface area is 135 Å². The number of halogens is 1. The van der Waals surface area contributed by atoms with Gasteiger partial charge in [-0.05, 0) is 13.8 Å². The fourth-order valence-corrected chi connectivity index (χ4v) is 2.79. The predicted octanol–water partition coefficient (Wildman–Crippen LogP) is -0.928. The van der Waals surface area contributed by atoms with Crippen LogP contribution in [0.3, 0.4) is 0 Å². The number of rotatable bonds is 2. The van der Waals surface area contributed by atoms with Gasteiger partial charge in [0.05, 0.1) is 12.4 Å². The fraction of sp³-hybridized carbons (Fsp3) is 0.500. The van der Waals surface area contributed by atoms with Crippen LogP contribution >= 0.6 is 0 Å². The average Bonchev–Trinajstić information content (AvgIpc) is 3.00. The summed E-state index contributed by atoms with van der Waals surface area (Å²) in [5.74, 6) is 4.53. The maximum atomic E-state index is 15.4. The number of hydrogen-bond acceptors (Lipinski definition) is 7. The summed E-state index contributed by atoms with van der Waals surface area (Å²) in [4.78, 5) is 22.0. The molecule has 5 atom stereocenters. The molecule has 1 fully saturated rings. The molecule has 0 spiro atoms. The van der Waals surface area contributed by atoms with Crippen LogP contribution in [0.5, 0.6) is 0 Å². The third-order valence-corrected chi connectivity index (χ3v) is 3.88. The van der Waals surface area contributed by atoms with Crippen LogP contribution in [-0.4, -0.2) is 53.7 Å². The summed E-state index contributed by atoms with van der Waals surface area (Å²) >= 11 is 0. The number of ether oxygens (including phenoxy) is 1. The number of nitrogens with one attached hydrogen (secondary N) is 1. The van der Waals surface area contributed by atoms with Crippen LogP contribution in [-0.2, 0) is 4.74 Å². The molecule has 3 rings (SSSR count). The molecule has 0 aromatic carbocycles. The summed E-state index contributed by atoms with van der Waals surface area (Å²) in [5.41, 5.74) is 2.33. The molecule has 1 aliphatic heterocycles. The van der Waals surface area contributed by atoms with Gasteiger partial charge in [-0.2, -0.15) is 4.98 Å². The number of anilines is 1. The maximum absolute atomic E-state index is 15.4. The van der Waals surface area contributed by atoms with Gasteiger partial charge in [-0.25, -0.2) is 9.37 Å². The van der Waals surface area contributed by atoms with Gasteiger partial charge in [-0.15, -0.1) is 5.92 Å². The molecule has 2 aromatic rings.